The standard InChI is InChI=1S/C14H18O2/c1-14(2,13(15)16)12-8-7-10-5-3-4-6-11(10)9-12/h7-9H,3-6H2,1-2H3,(H,15,16). The van der Waals surface area contributed by atoms with E-state index in [1.54, 1.807) is 13.8 Å². The molecule has 0 saturated heterocycles. The van der Waals surface area contributed by atoms with Crippen LogP contribution in [0.5, 0.6) is 0 Å². The first kappa shape index (κ1) is 11.2. The summed E-state index contributed by atoms with van der Waals surface area (Å²) in [6.07, 6.45) is 4.72. The Morgan fingerprint density at radius 2 is 1.81 bits per heavy atom. The van der Waals surface area contributed by atoms with Crippen molar-refractivity contribution in [1.29, 1.82) is 0 Å². The number of fused-ring (bicyclic) bond motifs is 1. The molecule has 16 heavy (non-hydrogen) atoms. The van der Waals surface area contributed by atoms with Crippen molar-refractivity contribution in [1.82, 2.24) is 0 Å². The molecule has 0 atom stereocenters. The molecule has 86 valence electrons. The van der Waals surface area contributed by atoms with E-state index in [0.29, 0.717) is 0 Å². The fraction of sp³-hybridized carbons (Fsp3) is 0.500. The summed E-state index contributed by atoms with van der Waals surface area (Å²) in [6.45, 7) is 3.53. The van der Waals surface area contributed by atoms with Crippen molar-refractivity contribution < 1.29 is 9.90 Å². The minimum absolute atomic E-state index is 0.761. The fourth-order valence-corrected chi connectivity index (χ4v) is 2.25. The minimum Gasteiger partial charge on any atom is -0.481 e. The zero-order valence-electron chi connectivity index (χ0n) is 9.92. The van der Waals surface area contributed by atoms with Gasteiger partial charge in [-0.15, -0.1) is 0 Å². The third kappa shape index (κ3) is 1.84. The second-order valence-corrected chi connectivity index (χ2v) is 5.12. The monoisotopic (exact) mass is 218 g/mol. The summed E-state index contributed by atoms with van der Waals surface area (Å²) in [4.78, 5) is 11.2. The van der Waals surface area contributed by atoms with E-state index >= 15 is 0 Å². The summed E-state index contributed by atoms with van der Waals surface area (Å²) >= 11 is 0. The molecule has 2 rings (SSSR count). The molecule has 0 aromatic heterocycles. The Labute approximate surface area is 96.3 Å². The van der Waals surface area contributed by atoms with E-state index in [0.717, 1.165) is 18.4 Å². The molecule has 1 aliphatic rings. The topological polar surface area (TPSA) is 37.3 Å². The molecule has 2 heteroatoms. The Bertz CT molecular complexity index is 419. The van der Waals surface area contributed by atoms with Gasteiger partial charge >= 0.3 is 5.97 Å². The van der Waals surface area contributed by atoms with Gasteiger partial charge < -0.3 is 5.11 Å². The van der Waals surface area contributed by atoms with Crippen molar-refractivity contribution in [2.24, 2.45) is 0 Å². The Balaban J connectivity index is 2.40. The molecule has 1 aromatic carbocycles. The second-order valence-electron chi connectivity index (χ2n) is 5.12. The number of carbonyl (C=O) groups is 1. The van der Waals surface area contributed by atoms with Crippen molar-refractivity contribution in [3.8, 4) is 0 Å². The maximum Gasteiger partial charge on any atom is 0.313 e. The van der Waals surface area contributed by atoms with Crippen LogP contribution in [0.1, 0.15) is 43.4 Å². The van der Waals surface area contributed by atoms with Crippen LogP contribution in [0.15, 0.2) is 18.2 Å². The quantitative estimate of drug-likeness (QED) is 0.828. The van der Waals surface area contributed by atoms with Crippen LogP contribution in [0.25, 0.3) is 0 Å². The van der Waals surface area contributed by atoms with Crippen LogP contribution in [0.4, 0.5) is 0 Å². The number of hydrogen-bond donors (Lipinski definition) is 1. The summed E-state index contributed by atoms with van der Waals surface area (Å²) in [6, 6.07) is 6.16. The van der Waals surface area contributed by atoms with Crippen molar-refractivity contribution in [3.63, 3.8) is 0 Å². The molecule has 1 N–H and O–H groups in total. The highest BCUT2D eigenvalue weighted by atomic mass is 16.4. The van der Waals surface area contributed by atoms with Crippen LogP contribution in [-0.2, 0) is 23.1 Å². The molecule has 1 aromatic rings. The van der Waals surface area contributed by atoms with Gasteiger partial charge in [0.2, 0.25) is 0 Å². The lowest BCUT2D eigenvalue weighted by Gasteiger charge is -2.23. The second kappa shape index (κ2) is 3.93. The van der Waals surface area contributed by atoms with E-state index in [2.05, 4.69) is 12.1 Å². The molecule has 2 nitrogen and oxygen atoms in total. The molecule has 0 fully saturated rings. The van der Waals surface area contributed by atoms with E-state index in [1.165, 1.54) is 24.0 Å². The molecule has 0 unspecified atom stereocenters. The average molecular weight is 218 g/mol. The molecular formula is C14H18O2. The number of aliphatic carboxylic acids is 1. The normalized spacial score (nSPS) is 15.6. The van der Waals surface area contributed by atoms with Gasteiger partial charge in [-0.05, 0) is 56.2 Å². The number of aryl methyl sites for hydroxylation is 2. The maximum atomic E-state index is 11.2. The van der Waals surface area contributed by atoms with E-state index in [4.69, 9.17) is 0 Å². The van der Waals surface area contributed by atoms with Crippen molar-refractivity contribution in [2.45, 2.75) is 44.9 Å². The first-order valence-corrected chi connectivity index (χ1v) is 5.87. The van der Waals surface area contributed by atoms with Gasteiger partial charge in [-0.3, -0.25) is 4.79 Å². The van der Waals surface area contributed by atoms with Crippen molar-refractivity contribution in [2.75, 3.05) is 0 Å². The average Bonchev–Trinajstić information content (AvgIpc) is 2.28. The summed E-state index contributed by atoms with van der Waals surface area (Å²) in [5, 5.41) is 9.20. The third-order valence-corrected chi connectivity index (χ3v) is 3.60. The summed E-state index contributed by atoms with van der Waals surface area (Å²) in [5.41, 5.74) is 2.88. The highest BCUT2D eigenvalue weighted by Gasteiger charge is 2.30. The van der Waals surface area contributed by atoms with Gasteiger partial charge in [0.1, 0.15) is 0 Å². The molecule has 0 amide bonds. The van der Waals surface area contributed by atoms with E-state index in [1.807, 2.05) is 6.07 Å². The van der Waals surface area contributed by atoms with Crippen LogP contribution in [0, 0.1) is 0 Å². The predicted molar refractivity (Wildman–Crippen MR) is 63.7 cm³/mol. The van der Waals surface area contributed by atoms with Crippen LogP contribution in [0.2, 0.25) is 0 Å². The molecule has 1 aliphatic carbocycles. The van der Waals surface area contributed by atoms with Gasteiger partial charge in [0.25, 0.3) is 0 Å². The van der Waals surface area contributed by atoms with Gasteiger partial charge in [-0.2, -0.15) is 0 Å². The largest absolute Gasteiger partial charge is 0.481 e. The number of carboxylic acids is 1. The number of rotatable bonds is 2. The SMILES string of the molecule is CC(C)(C(=O)O)c1ccc2c(c1)CCCC2. The summed E-state index contributed by atoms with van der Waals surface area (Å²) in [7, 11) is 0. The number of carboxylic acid groups (broad SMARTS) is 1. The number of hydrogen-bond acceptors (Lipinski definition) is 1. The minimum atomic E-state index is -0.785. The van der Waals surface area contributed by atoms with Gasteiger partial charge in [-0.25, -0.2) is 0 Å². The van der Waals surface area contributed by atoms with Gasteiger partial charge in [0.05, 0.1) is 5.41 Å². The van der Waals surface area contributed by atoms with Crippen molar-refractivity contribution in [3.05, 3.63) is 34.9 Å². The van der Waals surface area contributed by atoms with E-state index in [-0.39, 0.29) is 0 Å². The highest BCUT2D eigenvalue weighted by molar-refractivity contribution is 5.80. The van der Waals surface area contributed by atoms with Gasteiger partial charge in [0.15, 0.2) is 0 Å². The first-order valence-electron chi connectivity index (χ1n) is 5.87. The first-order chi connectivity index (χ1) is 7.51. The van der Waals surface area contributed by atoms with Crippen LogP contribution in [-0.4, -0.2) is 11.1 Å². The van der Waals surface area contributed by atoms with E-state index < -0.39 is 11.4 Å². The molecule has 0 heterocycles. The Morgan fingerprint density at radius 3 is 2.44 bits per heavy atom. The van der Waals surface area contributed by atoms with Gasteiger partial charge in [0, 0.05) is 0 Å². The van der Waals surface area contributed by atoms with E-state index in [9.17, 15) is 9.90 Å². The zero-order chi connectivity index (χ0) is 11.8. The summed E-state index contributed by atoms with van der Waals surface area (Å²) < 4.78 is 0. The van der Waals surface area contributed by atoms with Crippen LogP contribution in [0.3, 0.4) is 0 Å². The lowest BCUT2D eigenvalue weighted by molar-refractivity contribution is -0.142. The Kier molecular flexibility index (Phi) is 2.75. The zero-order valence-corrected chi connectivity index (χ0v) is 9.92. The molecule has 0 spiro atoms. The molecule has 0 radical (unpaired) electrons. The lowest BCUT2D eigenvalue weighted by Crippen LogP contribution is -2.28. The molecule has 0 saturated carbocycles. The highest BCUT2D eigenvalue weighted by Crippen LogP contribution is 2.29. The third-order valence-electron chi connectivity index (χ3n) is 3.60. The smallest absolute Gasteiger partial charge is 0.313 e. The van der Waals surface area contributed by atoms with Crippen molar-refractivity contribution >= 4 is 5.97 Å². The number of benzene rings is 1. The summed E-state index contributed by atoms with van der Waals surface area (Å²) in [5.74, 6) is -0.761. The van der Waals surface area contributed by atoms with Crippen LogP contribution >= 0.6 is 0 Å². The molecule has 0 aliphatic heterocycles. The Hall–Kier alpha value is -1.31. The van der Waals surface area contributed by atoms with Gasteiger partial charge in [-0.1, -0.05) is 18.2 Å². The van der Waals surface area contributed by atoms with Crippen LogP contribution < -0.4 is 0 Å². The lowest BCUT2D eigenvalue weighted by atomic mass is 9.81. The fourth-order valence-electron chi connectivity index (χ4n) is 2.25. The maximum absolute atomic E-state index is 11.2. The predicted octanol–water partition coefficient (Wildman–Crippen LogP) is 2.93. The molecular weight excluding hydrogens is 200 g/mol. The molecule has 0 bridgehead atoms. The Morgan fingerprint density at radius 1 is 1.19 bits per heavy atom.